The first-order chi connectivity index (χ1) is 13.0. The van der Waals surface area contributed by atoms with Gasteiger partial charge in [-0.2, -0.15) is 0 Å². The van der Waals surface area contributed by atoms with Crippen LogP contribution in [0.15, 0.2) is 50.2 Å². The topological polar surface area (TPSA) is 59.8 Å². The molecule has 140 valence electrons. The molecule has 0 atom stereocenters. The molecule has 1 amide bonds. The third kappa shape index (κ3) is 4.88. The monoisotopic (exact) mass is 465 g/mol. The normalized spacial score (nSPS) is 15.6. The molecule has 2 aromatic rings. The van der Waals surface area contributed by atoms with Gasteiger partial charge in [0.2, 0.25) is 0 Å². The SMILES string of the molecule is COC(=O)CCCN1C(=O)C(=Cc2ccc(-c3ccc(Br)cc3)o2)SC1=S. The van der Waals surface area contributed by atoms with Gasteiger partial charge < -0.3 is 9.15 Å². The van der Waals surface area contributed by atoms with Crippen LogP contribution in [0.4, 0.5) is 0 Å². The minimum absolute atomic E-state index is 0.170. The van der Waals surface area contributed by atoms with Crippen molar-refractivity contribution in [3.63, 3.8) is 0 Å². The molecule has 1 saturated heterocycles. The van der Waals surface area contributed by atoms with Crippen molar-refractivity contribution in [3.8, 4) is 11.3 Å². The number of carbonyl (C=O) groups is 2. The summed E-state index contributed by atoms with van der Waals surface area (Å²) in [5.41, 5.74) is 0.952. The zero-order valence-corrected chi connectivity index (χ0v) is 17.7. The molecule has 3 rings (SSSR count). The largest absolute Gasteiger partial charge is 0.469 e. The van der Waals surface area contributed by atoms with Crippen molar-refractivity contribution in [2.24, 2.45) is 0 Å². The van der Waals surface area contributed by atoms with Gasteiger partial charge in [0.05, 0.1) is 12.0 Å². The fourth-order valence-electron chi connectivity index (χ4n) is 2.51. The number of amides is 1. The Labute approximate surface area is 174 Å². The lowest BCUT2D eigenvalue weighted by molar-refractivity contribution is -0.141. The molecule has 1 aromatic heterocycles. The molecular weight excluding hydrogens is 450 g/mol. The Bertz CT molecular complexity index is 905. The van der Waals surface area contributed by atoms with Crippen molar-refractivity contribution in [2.45, 2.75) is 12.8 Å². The summed E-state index contributed by atoms with van der Waals surface area (Å²) in [5, 5.41) is 0. The quantitative estimate of drug-likeness (QED) is 0.344. The zero-order valence-electron chi connectivity index (χ0n) is 14.4. The van der Waals surface area contributed by atoms with Crippen LogP contribution in [0, 0.1) is 0 Å². The van der Waals surface area contributed by atoms with Crippen molar-refractivity contribution in [1.29, 1.82) is 0 Å². The standard InChI is InChI=1S/C19H16BrNO4S2/c1-24-17(22)3-2-10-21-18(23)16(27-19(21)26)11-14-8-9-15(25-14)12-4-6-13(20)7-5-12/h4-9,11H,2-3,10H2,1H3. The first-order valence-electron chi connectivity index (χ1n) is 8.16. The Hall–Kier alpha value is -1.90. The van der Waals surface area contributed by atoms with Gasteiger partial charge in [0.25, 0.3) is 5.91 Å². The Morgan fingerprint density at radius 1 is 1.30 bits per heavy atom. The Morgan fingerprint density at radius 2 is 2.04 bits per heavy atom. The highest BCUT2D eigenvalue weighted by molar-refractivity contribution is 9.10. The van der Waals surface area contributed by atoms with Gasteiger partial charge in [-0.05, 0) is 30.7 Å². The lowest BCUT2D eigenvalue weighted by atomic mass is 10.2. The molecule has 0 bridgehead atoms. The molecule has 0 aliphatic carbocycles. The molecule has 2 heterocycles. The van der Waals surface area contributed by atoms with Crippen molar-refractivity contribution in [2.75, 3.05) is 13.7 Å². The first-order valence-corrected chi connectivity index (χ1v) is 10.2. The van der Waals surface area contributed by atoms with E-state index in [-0.39, 0.29) is 18.3 Å². The van der Waals surface area contributed by atoms with Crippen LogP contribution in [-0.2, 0) is 14.3 Å². The lowest BCUT2D eigenvalue weighted by Gasteiger charge is -2.13. The van der Waals surface area contributed by atoms with E-state index in [1.165, 1.54) is 23.8 Å². The molecule has 1 aliphatic heterocycles. The van der Waals surface area contributed by atoms with Crippen molar-refractivity contribution >= 4 is 62.2 Å². The lowest BCUT2D eigenvalue weighted by Crippen LogP contribution is -2.29. The van der Waals surface area contributed by atoms with E-state index >= 15 is 0 Å². The van der Waals surface area contributed by atoms with E-state index < -0.39 is 0 Å². The number of nitrogens with zero attached hydrogens (tertiary/aromatic N) is 1. The molecule has 0 N–H and O–H groups in total. The number of ether oxygens (including phenoxy) is 1. The molecule has 0 radical (unpaired) electrons. The van der Waals surface area contributed by atoms with Crippen LogP contribution in [0.1, 0.15) is 18.6 Å². The summed E-state index contributed by atoms with van der Waals surface area (Å²) < 4.78 is 11.9. The summed E-state index contributed by atoms with van der Waals surface area (Å²) >= 11 is 9.93. The minimum atomic E-state index is -0.299. The fourth-order valence-corrected chi connectivity index (χ4v) is 4.06. The number of hydrogen-bond acceptors (Lipinski definition) is 6. The van der Waals surface area contributed by atoms with Crippen LogP contribution < -0.4 is 0 Å². The number of halogens is 1. The zero-order chi connectivity index (χ0) is 19.4. The maximum Gasteiger partial charge on any atom is 0.305 e. The Balaban J connectivity index is 1.68. The molecule has 5 nitrogen and oxygen atoms in total. The third-order valence-corrected chi connectivity index (χ3v) is 5.80. The minimum Gasteiger partial charge on any atom is -0.469 e. The van der Waals surface area contributed by atoms with Crippen LogP contribution in [-0.4, -0.2) is 34.8 Å². The maximum atomic E-state index is 12.6. The number of thiocarbonyl (C=S) groups is 1. The molecule has 0 saturated carbocycles. The van der Waals surface area contributed by atoms with Gasteiger partial charge in [-0.25, -0.2) is 0 Å². The summed E-state index contributed by atoms with van der Waals surface area (Å²) in [6.45, 7) is 0.388. The number of methoxy groups -OCH3 is 1. The second-order valence-corrected chi connectivity index (χ2v) is 8.31. The van der Waals surface area contributed by atoms with E-state index in [0.717, 1.165) is 15.8 Å². The second kappa shape index (κ2) is 8.86. The average Bonchev–Trinajstić information content (AvgIpc) is 3.22. The third-order valence-electron chi connectivity index (χ3n) is 3.89. The van der Waals surface area contributed by atoms with Crippen LogP contribution in [0.25, 0.3) is 17.4 Å². The van der Waals surface area contributed by atoms with Gasteiger partial charge in [-0.15, -0.1) is 0 Å². The average molecular weight is 466 g/mol. The highest BCUT2D eigenvalue weighted by Gasteiger charge is 2.32. The van der Waals surface area contributed by atoms with Crippen molar-refractivity contribution < 1.29 is 18.7 Å². The molecule has 0 spiro atoms. The molecule has 27 heavy (non-hydrogen) atoms. The highest BCUT2D eigenvalue weighted by atomic mass is 79.9. The van der Waals surface area contributed by atoms with E-state index in [1.54, 1.807) is 6.08 Å². The van der Waals surface area contributed by atoms with Crippen molar-refractivity contribution in [3.05, 3.63) is 51.5 Å². The van der Waals surface area contributed by atoms with Gasteiger partial charge in [0, 0.05) is 29.1 Å². The summed E-state index contributed by atoms with van der Waals surface area (Å²) in [5.74, 6) is 0.841. The molecule has 1 aliphatic rings. The van der Waals surface area contributed by atoms with Gasteiger partial charge in [-0.3, -0.25) is 14.5 Å². The number of hydrogen-bond donors (Lipinski definition) is 0. The fraction of sp³-hybridized carbons (Fsp3) is 0.211. The van der Waals surface area contributed by atoms with Crippen LogP contribution in [0.2, 0.25) is 0 Å². The smallest absolute Gasteiger partial charge is 0.305 e. The highest BCUT2D eigenvalue weighted by Crippen LogP contribution is 2.34. The summed E-state index contributed by atoms with van der Waals surface area (Å²) in [4.78, 5) is 25.8. The van der Waals surface area contributed by atoms with E-state index in [4.69, 9.17) is 16.6 Å². The van der Waals surface area contributed by atoms with E-state index in [2.05, 4.69) is 20.7 Å². The predicted molar refractivity (Wildman–Crippen MR) is 113 cm³/mol. The van der Waals surface area contributed by atoms with E-state index in [1.807, 2.05) is 36.4 Å². The van der Waals surface area contributed by atoms with Crippen LogP contribution >= 0.6 is 39.9 Å². The second-order valence-electron chi connectivity index (χ2n) is 5.72. The maximum absolute atomic E-state index is 12.6. The molecular formula is C19H16BrNO4S2. The number of thioether (sulfide) groups is 1. The summed E-state index contributed by atoms with van der Waals surface area (Å²) in [6.07, 6.45) is 2.45. The molecule has 0 unspecified atom stereocenters. The molecule has 8 heteroatoms. The summed E-state index contributed by atoms with van der Waals surface area (Å²) in [7, 11) is 1.34. The molecule has 1 fully saturated rings. The van der Waals surface area contributed by atoms with Crippen molar-refractivity contribution in [1.82, 2.24) is 4.90 Å². The Kier molecular flexibility index (Phi) is 6.51. The van der Waals surface area contributed by atoms with Gasteiger partial charge in [-0.1, -0.05) is 52.0 Å². The van der Waals surface area contributed by atoms with E-state index in [9.17, 15) is 9.59 Å². The first kappa shape index (κ1) is 19.9. The number of carbonyl (C=O) groups excluding carboxylic acids is 2. The van der Waals surface area contributed by atoms with Gasteiger partial charge >= 0.3 is 5.97 Å². The van der Waals surface area contributed by atoms with E-state index in [0.29, 0.717) is 28.0 Å². The number of furan rings is 1. The molecule has 1 aromatic carbocycles. The number of esters is 1. The van der Waals surface area contributed by atoms with Crippen LogP contribution in [0.5, 0.6) is 0 Å². The van der Waals surface area contributed by atoms with Crippen LogP contribution in [0.3, 0.4) is 0 Å². The number of benzene rings is 1. The predicted octanol–water partition coefficient (Wildman–Crippen LogP) is 4.86. The number of rotatable bonds is 6. The summed E-state index contributed by atoms with van der Waals surface area (Å²) in [6, 6.07) is 11.5. The Morgan fingerprint density at radius 3 is 2.74 bits per heavy atom. The van der Waals surface area contributed by atoms with Gasteiger partial charge in [0.15, 0.2) is 0 Å². The van der Waals surface area contributed by atoms with Gasteiger partial charge in [0.1, 0.15) is 15.8 Å².